The topological polar surface area (TPSA) is 30.5 Å². The smallest absolute Gasteiger partial charge is 0.119 e. The number of nitrogens with one attached hydrogen (secondary N) is 1. The van der Waals surface area contributed by atoms with E-state index in [0.717, 1.165) is 44.9 Å². The van der Waals surface area contributed by atoms with E-state index in [9.17, 15) is 0 Å². The summed E-state index contributed by atoms with van der Waals surface area (Å²) >= 11 is 0. The van der Waals surface area contributed by atoms with Crippen LogP contribution in [0.1, 0.15) is 58.9 Å². The van der Waals surface area contributed by atoms with Gasteiger partial charge in [0.05, 0.1) is 6.61 Å². The van der Waals surface area contributed by atoms with Crippen LogP contribution in [0.25, 0.3) is 0 Å². The van der Waals surface area contributed by atoms with E-state index < -0.39 is 0 Å². The van der Waals surface area contributed by atoms with E-state index in [1.54, 1.807) is 7.11 Å². The maximum Gasteiger partial charge on any atom is 0.119 e. The van der Waals surface area contributed by atoms with Gasteiger partial charge in [-0.3, -0.25) is 0 Å². The molecule has 0 fully saturated rings. The molecule has 3 heteroatoms. The van der Waals surface area contributed by atoms with Gasteiger partial charge in [0.1, 0.15) is 5.75 Å². The fourth-order valence-electron chi connectivity index (χ4n) is 1.70. The Kier molecular flexibility index (Phi) is 15.1. The van der Waals surface area contributed by atoms with Crippen LogP contribution in [0.15, 0.2) is 24.3 Å². The van der Waals surface area contributed by atoms with Gasteiger partial charge in [0.25, 0.3) is 0 Å². The van der Waals surface area contributed by atoms with Crippen LogP contribution >= 0.6 is 0 Å². The molecule has 0 spiro atoms. The lowest BCUT2D eigenvalue weighted by molar-refractivity contribution is 0.192. The monoisotopic (exact) mass is 323 g/mol. The van der Waals surface area contributed by atoms with Crippen molar-refractivity contribution in [1.29, 1.82) is 0 Å². The third-order valence-electron chi connectivity index (χ3n) is 3.29. The molecule has 1 aromatic carbocycles. The Morgan fingerprint density at radius 1 is 1.00 bits per heavy atom. The van der Waals surface area contributed by atoms with E-state index >= 15 is 0 Å². The zero-order valence-electron chi connectivity index (χ0n) is 15.9. The average Bonchev–Trinajstić information content (AvgIpc) is 2.57. The standard InChI is InChI=1S/C16H27NO2.C4H10/c1-14(2)13-19-16-8-6-15(7-9-16)12-17-10-4-5-11-18-3;1-3-4-2/h6-9,14,17H,4-5,10-13H2,1-3H3;3-4H2,1-2H3. The minimum absolute atomic E-state index is 0.563. The van der Waals surface area contributed by atoms with Gasteiger partial charge in [-0.1, -0.05) is 52.7 Å². The highest BCUT2D eigenvalue weighted by Crippen LogP contribution is 2.13. The molecule has 0 atom stereocenters. The molecule has 134 valence electrons. The van der Waals surface area contributed by atoms with E-state index in [2.05, 4.69) is 45.1 Å². The molecule has 0 heterocycles. The van der Waals surface area contributed by atoms with Gasteiger partial charge in [-0.15, -0.1) is 0 Å². The Labute approximate surface area is 143 Å². The molecule has 0 bridgehead atoms. The highest BCUT2D eigenvalue weighted by atomic mass is 16.5. The SMILES string of the molecule is CCCC.COCCCCNCc1ccc(OCC(C)C)cc1. The number of ether oxygens (including phenoxy) is 2. The second-order valence-electron chi connectivity index (χ2n) is 6.23. The van der Waals surface area contributed by atoms with E-state index in [0.29, 0.717) is 5.92 Å². The summed E-state index contributed by atoms with van der Waals surface area (Å²) in [6, 6.07) is 8.34. The third-order valence-corrected chi connectivity index (χ3v) is 3.29. The average molecular weight is 324 g/mol. The first-order valence-electron chi connectivity index (χ1n) is 9.05. The lowest BCUT2D eigenvalue weighted by atomic mass is 10.2. The van der Waals surface area contributed by atoms with E-state index in [-0.39, 0.29) is 0 Å². The Hall–Kier alpha value is -1.06. The summed E-state index contributed by atoms with van der Waals surface area (Å²) in [6.07, 6.45) is 4.91. The summed E-state index contributed by atoms with van der Waals surface area (Å²) < 4.78 is 10.7. The van der Waals surface area contributed by atoms with Gasteiger partial charge < -0.3 is 14.8 Å². The summed E-state index contributed by atoms with van der Waals surface area (Å²) in [5, 5.41) is 3.43. The lowest BCUT2D eigenvalue weighted by Gasteiger charge is -2.09. The molecule has 1 aromatic rings. The van der Waals surface area contributed by atoms with Crippen LogP contribution < -0.4 is 10.1 Å². The summed E-state index contributed by atoms with van der Waals surface area (Å²) in [6.45, 7) is 12.2. The second-order valence-corrected chi connectivity index (χ2v) is 6.23. The number of rotatable bonds is 11. The van der Waals surface area contributed by atoms with Crippen molar-refractivity contribution in [3.8, 4) is 5.75 Å². The molecular weight excluding hydrogens is 286 g/mol. The van der Waals surface area contributed by atoms with Gasteiger partial charge in [0.2, 0.25) is 0 Å². The quantitative estimate of drug-likeness (QED) is 0.578. The van der Waals surface area contributed by atoms with E-state index in [1.165, 1.54) is 18.4 Å². The predicted molar refractivity (Wildman–Crippen MR) is 100 cm³/mol. The van der Waals surface area contributed by atoms with Crippen molar-refractivity contribution in [2.45, 2.75) is 59.9 Å². The van der Waals surface area contributed by atoms with Crippen LogP contribution in [-0.2, 0) is 11.3 Å². The normalized spacial score (nSPS) is 10.3. The summed E-state index contributed by atoms with van der Waals surface area (Å²) in [5.74, 6) is 1.52. The highest BCUT2D eigenvalue weighted by Gasteiger charge is 1.98. The second kappa shape index (κ2) is 15.8. The fourth-order valence-corrected chi connectivity index (χ4v) is 1.70. The van der Waals surface area contributed by atoms with Gasteiger partial charge in [-0.25, -0.2) is 0 Å². The Bertz CT molecular complexity index is 347. The van der Waals surface area contributed by atoms with Crippen molar-refractivity contribution in [3.05, 3.63) is 29.8 Å². The number of methoxy groups -OCH3 is 1. The molecule has 0 radical (unpaired) electrons. The number of hydrogen-bond donors (Lipinski definition) is 1. The van der Waals surface area contributed by atoms with Crippen molar-refractivity contribution in [1.82, 2.24) is 5.32 Å². The van der Waals surface area contributed by atoms with Gasteiger partial charge in [-0.05, 0) is 43.0 Å². The van der Waals surface area contributed by atoms with Crippen molar-refractivity contribution < 1.29 is 9.47 Å². The molecule has 0 saturated carbocycles. The highest BCUT2D eigenvalue weighted by molar-refractivity contribution is 5.27. The largest absolute Gasteiger partial charge is 0.493 e. The molecule has 0 aliphatic rings. The van der Waals surface area contributed by atoms with Gasteiger partial charge in [0.15, 0.2) is 0 Å². The molecule has 0 unspecified atom stereocenters. The molecular formula is C20H37NO2. The molecule has 1 rings (SSSR count). The number of benzene rings is 1. The van der Waals surface area contributed by atoms with Gasteiger partial charge >= 0.3 is 0 Å². The van der Waals surface area contributed by atoms with Crippen molar-refractivity contribution in [2.24, 2.45) is 5.92 Å². The first-order valence-corrected chi connectivity index (χ1v) is 9.05. The van der Waals surface area contributed by atoms with Crippen LogP contribution in [0, 0.1) is 5.92 Å². The minimum Gasteiger partial charge on any atom is -0.493 e. The zero-order valence-corrected chi connectivity index (χ0v) is 15.9. The fraction of sp³-hybridized carbons (Fsp3) is 0.700. The van der Waals surface area contributed by atoms with E-state index in [4.69, 9.17) is 9.47 Å². The van der Waals surface area contributed by atoms with Crippen LogP contribution in [-0.4, -0.2) is 26.9 Å². The summed E-state index contributed by atoms with van der Waals surface area (Å²) in [4.78, 5) is 0. The van der Waals surface area contributed by atoms with Crippen molar-refractivity contribution in [3.63, 3.8) is 0 Å². The molecule has 0 aromatic heterocycles. The molecule has 0 aliphatic carbocycles. The maximum atomic E-state index is 5.66. The van der Waals surface area contributed by atoms with Crippen LogP contribution in [0.2, 0.25) is 0 Å². The molecule has 0 aliphatic heterocycles. The zero-order chi connectivity index (χ0) is 17.3. The third kappa shape index (κ3) is 14.3. The van der Waals surface area contributed by atoms with Crippen LogP contribution in [0.5, 0.6) is 5.75 Å². The Morgan fingerprint density at radius 2 is 1.65 bits per heavy atom. The van der Waals surface area contributed by atoms with E-state index in [1.807, 2.05) is 12.1 Å². The van der Waals surface area contributed by atoms with Gasteiger partial charge in [0, 0.05) is 20.3 Å². The molecule has 1 N–H and O–H groups in total. The van der Waals surface area contributed by atoms with Gasteiger partial charge in [-0.2, -0.15) is 0 Å². The molecule has 0 saturated heterocycles. The first kappa shape index (κ1) is 21.9. The Balaban J connectivity index is 0.00000108. The lowest BCUT2D eigenvalue weighted by Crippen LogP contribution is -2.15. The summed E-state index contributed by atoms with van der Waals surface area (Å²) in [5.41, 5.74) is 1.30. The first-order chi connectivity index (χ1) is 11.1. The molecule has 3 nitrogen and oxygen atoms in total. The van der Waals surface area contributed by atoms with Crippen LogP contribution in [0.3, 0.4) is 0 Å². The maximum absolute atomic E-state index is 5.66. The Morgan fingerprint density at radius 3 is 2.17 bits per heavy atom. The van der Waals surface area contributed by atoms with Crippen molar-refractivity contribution >= 4 is 0 Å². The van der Waals surface area contributed by atoms with Crippen LogP contribution in [0.4, 0.5) is 0 Å². The minimum atomic E-state index is 0.563. The molecule has 0 amide bonds. The number of unbranched alkanes of at least 4 members (excludes halogenated alkanes) is 2. The van der Waals surface area contributed by atoms with Crippen molar-refractivity contribution in [2.75, 3.05) is 26.9 Å². The predicted octanol–water partition coefficient (Wildman–Crippen LogP) is 5.04. The number of hydrogen-bond acceptors (Lipinski definition) is 3. The molecule has 23 heavy (non-hydrogen) atoms. The summed E-state index contributed by atoms with van der Waals surface area (Å²) in [7, 11) is 1.75.